The molecule has 1 aliphatic rings. The van der Waals surface area contributed by atoms with Gasteiger partial charge in [0.25, 0.3) is 0 Å². The predicted molar refractivity (Wildman–Crippen MR) is 62.0 cm³/mol. The van der Waals surface area contributed by atoms with E-state index < -0.39 is 5.41 Å². The number of esters is 1. The van der Waals surface area contributed by atoms with Gasteiger partial charge in [-0.1, -0.05) is 0 Å². The Morgan fingerprint density at radius 2 is 2.06 bits per heavy atom. The van der Waals surface area contributed by atoms with Gasteiger partial charge in [0.05, 0.1) is 17.7 Å². The Bertz CT molecular complexity index is 330. The van der Waals surface area contributed by atoms with Crippen LogP contribution in [0.15, 0.2) is 12.3 Å². The largest absolute Gasteiger partial charge is 0.492 e. The molecule has 1 N–H and O–H groups in total. The van der Waals surface area contributed by atoms with Gasteiger partial charge >= 0.3 is 5.97 Å². The van der Waals surface area contributed by atoms with Gasteiger partial charge < -0.3 is 14.8 Å². The van der Waals surface area contributed by atoms with Crippen LogP contribution in [-0.2, 0) is 19.1 Å². The molecule has 5 heteroatoms. The minimum absolute atomic E-state index is 0.133. The normalized spacial score (nSPS) is 23.1. The van der Waals surface area contributed by atoms with Crippen LogP contribution in [-0.4, -0.2) is 30.6 Å². The topological polar surface area (TPSA) is 64.6 Å². The van der Waals surface area contributed by atoms with Crippen molar-refractivity contribution < 1.29 is 19.1 Å². The lowest BCUT2D eigenvalue weighted by molar-refractivity contribution is -0.156. The van der Waals surface area contributed by atoms with Gasteiger partial charge in [-0.2, -0.15) is 0 Å². The summed E-state index contributed by atoms with van der Waals surface area (Å²) in [5.41, 5.74) is -0.532. The summed E-state index contributed by atoms with van der Waals surface area (Å²) in [6, 6.07) is -0.236. The second-order valence-electron chi connectivity index (χ2n) is 5.08. The molecule has 0 aromatic carbocycles. The maximum absolute atomic E-state index is 11.6. The van der Waals surface area contributed by atoms with Crippen molar-refractivity contribution >= 4 is 11.9 Å². The fraction of sp³-hybridized carbons (Fsp3) is 0.667. The smallest absolute Gasteiger partial charge is 0.311 e. The molecule has 0 aromatic heterocycles. The number of rotatable bonds is 3. The SMILES string of the molecule is CC(=O)N[C@H]1C=CO[C@@H]1COC(=O)C(C)(C)C. The second-order valence-corrected chi connectivity index (χ2v) is 5.08. The molecule has 2 atom stereocenters. The van der Waals surface area contributed by atoms with Crippen molar-refractivity contribution in [2.45, 2.75) is 39.8 Å². The van der Waals surface area contributed by atoms with E-state index in [0.29, 0.717) is 0 Å². The highest BCUT2D eigenvalue weighted by atomic mass is 16.6. The third-order valence-electron chi connectivity index (χ3n) is 2.30. The van der Waals surface area contributed by atoms with E-state index in [9.17, 15) is 9.59 Å². The van der Waals surface area contributed by atoms with Crippen LogP contribution in [0.5, 0.6) is 0 Å². The van der Waals surface area contributed by atoms with Crippen LogP contribution in [0.25, 0.3) is 0 Å². The Morgan fingerprint density at radius 3 is 2.59 bits per heavy atom. The van der Waals surface area contributed by atoms with Crippen LogP contribution in [0, 0.1) is 5.41 Å². The molecule has 0 saturated carbocycles. The molecule has 1 rings (SSSR count). The van der Waals surface area contributed by atoms with Crippen molar-refractivity contribution in [3.63, 3.8) is 0 Å². The maximum atomic E-state index is 11.6. The standard InChI is InChI=1S/C12H19NO4/c1-8(14)13-9-5-6-16-10(9)7-17-11(15)12(2,3)4/h5-6,9-10H,7H2,1-4H3,(H,13,14)/t9-,10+/m0/s1. The van der Waals surface area contributed by atoms with E-state index in [2.05, 4.69) is 5.32 Å². The van der Waals surface area contributed by atoms with Crippen LogP contribution in [0.4, 0.5) is 0 Å². The lowest BCUT2D eigenvalue weighted by Crippen LogP contribution is -2.42. The average molecular weight is 241 g/mol. The number of amides is 1. The summed E-state index contributed by atoms with van der Waals surface area (Å²) >= 11 is 0. The minimum Gasteiger partial charge on any atom is -0.492 e. The molecular formula is C12H19NO4. The van der Waals surface area contributed by atoms with Gasteiger partial charge in [0.2, 0.25) is 5.91 Å². The van der Waals surface area contributed by atoms with Crippen molar-refractivity contribution in [2.75, 3.05) is 6.61 Å². The summed E-state index contributed by atoms with van der Waals surface area (Å²) in [6.07, 6.45) is 2.90. The Labute approximate surface area is 101 Å². The van der Waals surface area contributed by atoms with Crippen LogP contribution in [0.1, 0.15) is 27.7 Å². The molecule has 0 saturated heterocycles. The van der Waals surface area contributed by atoms with E-state index in [4.69, 9.17) is 9.47 Å². The summed E-state index contributed by atoms with van der Waals surface area (Å²) in [5.74, 6) is -0.424. The molecule has 0 radical (unpaired) electrons. The van der Waals surface area contributed by atoms with Crippen LogP contribution >= 0.6 is 0 Å². The third kappa shape index (κ3) is 4.09. The molecule has 0 fully saturated rings. The molecule has 0 spiro atoms. The van der Waals surface area contributed by atoms with Gasteiger partial charge in [-0.05, 0) is 26.8 Å². The van der Waals surface area contributed by atoms with Crippen molar-refractivity contribution in [1.29, 1.82) is 0 Å². The maximum Gasteiger partial charge on any atom is 0.311 e. The number of ether oxygens (including phenoxy) is 2. The van der Waals surface area contributed by atoms with Crippen molar-refractivity contribution in [1.82, 2.24) is 5.32 Å². The summed E-state index contributed by atoms with van der Waals surface area (Å²) in [6.45, 7) is 6.93. The molecule has 1 amide bonds. The number of hydrogen-bond acceptors (Lipinski definition) is 4. The van der Waals surface area contributed by atoms with E-state index >= 15 is 0 Å². The van der Waals surface area contributed by atoms with Gasteiger partial charge in [-0.25, -0.2) is 0 Å². The Morgan fingerprint density at radius 1 is 1.41 bits per heavy atom. The van der Waals surface area contributed by atoms with Crippen LogP contribution in [0.2, 0.25) is 0 Å². The molecular weight excluding hydrogens is 222 g/mol. The van der Waals surface area contributed by atoms with Crippen LogP contribution < -0.4 is 5.32 Å². The van der Waals surface area contributed by atoms with Crippen molar-refractivity contribution in [2.24, 2.45) is 5.41 Å². The highest BCUT2D eigenvalue weighted by Crippen LogP contribution is 2.17. The number of nitrogens with one attached hydrogen (secondary N) is 1. The van der Waals surface area contributed by atoms with E-state index in [1.165, 1.54) is 13.2 Å². The summed E-state index contributed by atoms with van der Waals surface area (Å²) in [4.78, 5) is 22.5. The van der Waals surface area contributed by atoms with Gasteiger partial charge in [0.15, 0.2) is 6.10 Å². The zero-order valence-corrected chi connectivity index (χ0v) is 10.6. The molecule has 17 heavy (non-hydrogen) atoms. The second kappa shape index (κ2) is 5.21. The minimum atomic E-state index is -0.532. The van der Waals surface area contributed by atoms with Crippen molar-refractivity contribution in [3.05, 3.63) is 12.3 Å². The van der Waals surface area contributed by atoms with Gasteiger partial charge in [0.1, 0.15) is 6.61 Å². The van der Waals surface area contributed by atoms with Crippen LogP contribution in [0.3, 0.4) is 0 Å². The van der Waals surface area contributed by atoms with E-state index in [-0.39, 0.29) is 30.6 Å². The van der Waals surface area contributed by atoms with E-state index in [0.717, 1.165) is 0 Å². The lowest BCUT2D eigenvalue weighted by Gasteiger charge is -2.22. The number of carbonyl (C=O) groups excluding carboxylic acids is 2. The molecule has 0 unspecified atom stereocenters. The first-order valence-electron chi connectivity index (χ1n) is 5.57. The van der Waals surface area contributed by atoms with E-state index in [1.54, 1.807) is 26.8 Å². The highest BCUT2D eigenvalue weighted by Gasteiger charge is 2.29. The molecule has 5 nitrogen and oxygen atoms in total. The van der Waals surface area contributed by atoms with Gasteiger partial charge in [0, 0.05) is 6.92 Å². The fourth-order valence-electron chi connectivity index (χ4n) is 1.33. The first-order chi connectivity index (χ1) is 7.80. The Kier molecular flexibility index (Phi) is 4.15. The van der Waals surface area contributed by atoms with Gasteiger partial charge in [-0.3, -0.25) is 9.59 Å². The Hall–Kier alpha value is -1.52. The summed E-state index contributed by atoms with van der Waals surface area (Å²) < 4.78 is 10.4. The molecule has 0 bridgehead atoms. The number of carbonyl (C=O) groups is 2. The summed E-state index contributed by atoms with van der Waals surface area (Å²) in [5, 5.41) is 2.71. The predicted octanol–water partition coefficient (Wildman–Crippen LogP) is 0.993. The zero-order valence-electron chi connectivity index (χ0n) is 10.6. The van der Waals surface area contributed by atoms with E-state index in [1.807, 2.05) is 0 Å². The molecule has 1 heterocycles. The molecule has 0 aliphatic carbocycles. The van der Waals surface area contributed by atoms with Gasteiger partial charge in [-0.15, -0.1) is 0 Å². The lowest BCUT2D eigenvalue weighted by atomic mass is 9.97. The average Bonchev–Trinajstić information content (AvgIpc) is 2.59. The molecule has 1 aliphatic heterocycles. The highest BCUT2D eigenvalue weighted by molar-refractivity contribution is 5.75. The third-order valence-corrected chi connectivity index (χ3v) is 2.30. The molecule has 0 aromatic rings. The first-order valence-corrected chi connectivity index (χ1v) is 5.57. The fourth-order valence-corrected chi connectivity index (χ4v) is 1.33. The zero-order chi connectivity index (χ0) is 13.1. The van der Waals surface area contributed by atoms with Crippen molar-refractivity contribution in [3.8, 4) is 0 Å². The number of hydrogen-bond donors (Lipinski definition) is 1. The molecule has 96 valence electrons. The monoisotopic (exact) mass is 241 g/mol. The first kappa shape index (κ1) is 13.5. The quantitative estimate of drug-likeness (QED) is 0.748. The summed E-state index contributed by atoms with van der Waals surface area (Å²) in [7, 11) is 0. The Balaban J connectivity index is 2.42.